The molecule has 1 aliphatic carbocycles. The van der Waals surface area contributed by atoms with Gasteiger partial charge in [-0.15, -0.1) is 0 Å². The average Bonchev–Trinajstić information content (AvgIpc) is 1.96. The summed E-state index contributed by atoms with van der Waals surface area (Å²) >= 11 is 0. The minimum absolute atomic E-state index is 0.188. The van der Waals surface area contributed by atoms with Gasteiger partial charge in [0.1, 0.15) is 0 Å². The molecule has 0 saturated heterocycles. The molecule has 11 heavy (non-hydrogen) atoms. The van der Waals surface area contributed by atoms with Gasteiger partial charge < -0.3 is 5.73 Å². The summed E-state index contributed by atoms with van der Waals surface area (Å²) in [6.45, 7) is 4.55. The molecule has 1 nitrogen and oxygen atoms in total. The van der Waals surface area contributed by atoms with E-state index in [9.17, 15) is 0 Å². The van der Waals surface area contributed by atoms with E-state index in [2.05, 4.69) is 13.8 Å². The standard InChI is InChI=1S/C10H21N/c1-3-7-10(11)8-5-4-6-9(10)2/h9H,3-8,11H2,1-2H3. The summed E-state index contributed by atoms with van der Waals surface area (Å²) in [6.07, 6.45) is 7.79. The lowest BCUT2D eigenvalue weighted by molar-refractivity contribution is 0.190. The van der Waals surface area contributed by atoms with Gasteiger partial charge in [0.2, 0.25) is 0 Å². The lowest BCUT2D eigenvalue weighted by Gasteiger charge is -2.39. The van der Waals surface area contributed by atoms with Crippen LogP contribution in [0.1, 0.15) is 52.4 Å². The second kappa shape index (κ2) is 3.57. The molecular weight excluding hydrogens is 134 g/mol. The molecule has 2 N–H and O–H groups in total. The van der Waals surface area contributed by atoms with Crippen LogP contribution in [0.5, 0.6) is 0 Å². The van der Waals surface area contributed by atoms with E-state index in [0.29, 0.717) is 0 Å². The van der Waals surface area contributed by atoms with Crippen LogP contribution in [0.3, 0.4) is 0 Å². The van der Waals surface area contributed by atoms with Crippen LogP contribution in [-0.4, -0.2) is 5.54 Å². The highest BCUT2D eigenvalue weighted by molar-refractivity contribution is 4.91. The third kappa shape index (κ3) is 1.96. The summed E-state index contributed by atoms with van der Waals surface area (Å²) in [4.78, 5) is 0. The molecular formula is C10H21N. The molecule has 0 bridgehead atoms. The number of rotatable bonds is 2. The monoisotopic (exact) mass is 155 g/mol. The SMILES string of the molecule is CCCC1(N)CCCCC1C. The first-order chi connectivity index (χ1) is 5.19. The van der Waals surface area contributed by atoms with Crippen molar-refractivity contribution in [1.29, 1.82) is 0 Å². The van der Waals surface area contributed by atoms with Crippen molar-refractivity contribution in [2.75, 3.05) is 0 Å². The van der Waals surface area contributed by atoms with Gasteiger partial charge in [0.05, 0.1) is 0 Å². The van der Waals surface area contributed by atoms with Crippen molar-refractivity contribution in [2.45, 2.75) is 57.9 Å². The fraction of sp³-hybridized carbons (Fsp3) is 1.00. The fourth-order valence-electron chi connectivity index (χ4n) is 2.28. The van der Waals surface area contributed by atoms with Crippen LogP contribution in [0.15, 0.2) is 0 Å². The van der Waals surface area contributed by atoms with E-state index in [4.69, 9.17) is 5.73 Å². The molecule has 0 spiro atoms. The Morgan fingerprint density at radius 1 is 1.45 bits per heavy atom. The first-order valence-corrected chi connectivity index (χ1v) is 4.98. The first-order valence-electron chi connectivity index (χ1n) is 4.98. The Balaban J connectivity index is 2.49. The van der Waals surface area contributed by atoms with E-state index in [1.54, 1.807) is 0 Å². The van der Waals surface area contributed by atoms with Gasteiger partial charge in [-0.1, -0.05) is 33.1 Å². The largest absolute Gasteiger partial charge is 0.325 e. The summed E-state index contributed by atoms with van der Waals surface area (Å²) in [5.41, 5.74) is 6.50. The topological polar surface area (TPSA) is 26.0 Å². The van der Waals surface area contributed by atoms with Gasteiger partial charge in [-0.05, 0) is 25.2 Å². The third-order valence-electron chi connectivity index (χ3n) is 3.23. The average molecular weight is 155 g/mol. The molecule has 0 amide bonds. The Kier molecular flexibility index (Phi) is 2.94. The van der Waals surface area contributed by atoms with Crippen molar-refractivity contribution >= 4 is 0 Å². The van der Waals surface area contributed by atoms with Crippen molar-refractivity contribution < 1.29 is 0 Å². The van der Waals surface area contributed by atoms with Gasteiger partial charge >= 0.3 is 0 Å². The van der Waals surface area contributed by atoms with Crippen molar-refractivity contribution in [1.82, 2.24) is 0 Å². The zero-order chi connectivity index (χ0) is 8.32. The normalized spacial score (nSPS) is 39.0. The van der Waals surface area contributed by atoms with E-state index < -0.39 is 0 Å². The molecule has 0 aromatic heterocycles. The van der Waals surface area contributed by atoms with E-state index >= 15 is 0 Å². The van der Waals surface area contributed by atoms with Gasteiger partial charge in [-0.25, -0.2) is 0 Å². The summed E-state index contributed by atoms with van der Waals surface area (Å²) < 4.78 is 0. The molecule has 0 aliphatic heterocycles. The minimum Gasteiger partial charge on any atom is -0.325 e. The summed E-state index contributed by atoms with van der Waals surface area (Å²) in [6, 6.07) is 0. The van der Waals surface area contributed by atoms with Crippen LogP contribution in [0, 0.1) is 5.92 Å². The van der Waals surface area contributed by atoms with E-state index in [0.717, 1.165) is 5.92 Å². The maximum absolute atomic E-state index is 6.31. The Bertz CT molecular complexity index is 118. The smallest absolute Gasteiger partial charge is 0.0180 e. The molecule has 1 fully saturated rings. The summed E-state index contributed by atoms with van der Waals surface area (Å²) in [5.74, 6) is 0.746. The minimum atomic E-state index is 0.188. The van der Waals surface area contributed by atoms with E-state index in [-0.39, 0.29) is 5.54 Å². The predicted octanol–water partition coefficient (Wildman–Crippen LogP) is 2.69. The number of hydrogen-bond acceptors (Lipinski definition) is 1. The molecule has 0 heterocycles. The highest BCUT2D eigenvalue weighted by Gasteiger charge is 2.32. The van der Waals surface area contributed by atoms with Crippen molar-refractivity contribution in [3.8, 4) is 0 Å². The highest BCUT2D eigenvalue weighted by Crippen LogP contribution is 2.34. The number of nitrogens with two attached hydrogens (primary N) is 1. The predicted molar refractivity (Wildman–Crippen MR) is 49.5 cm³/mol. The van der Waals surface area contributed by atoms with Gasteiger partial charge in [0.25, 0.3) is 0 Å². The molecule has 66 valence electrons. The third-order valence-corrected chi connectivity index (χ3v) is 3.23. The second-order valence-corrected chi connectivity index (χ2v) is 4.13. The van der Waals surface area contributed by atoms with Crippen LogP contribution in [0.4, 0.5) is 0 Å². The quantitative estimate of drug-likeness (QED) is 0.652. The first kappa shape index (κ1) is 9.05. The van der Waals surface area contributed by atoms with E-state index in [1.807, 2.05) is 0 Å². The van der Waals surface area contributed by atoms with Crippen LogP contribution in [0.25, 0.3) is 0 Å². The van der Waals surface area contributed by atoms with E-state index in [1.165, 1.54) is 38.5 Å². The van der Waals surface area contributed by atoms with Gasteiger partial charge in [-0.3, -0.25) is 0 Å². The molecule has 0 aromatic rings. The molecule has 2 unspecified atom stereocenters. The maximum atomic E-state index is 6.31. The molecule has 1 heteroatoms. The molecule has 1 aliphatic rings. The van der Waals surface area contributed by atoms with Crippen molar-refractivity contribution in [2.24, 2.45) is 11.7 Å². The molecule has 0 aromatic carbocycles. The van der Waals surface area contributed by atoms with Gasteiger partial charge in [-0.2, -0.15) is 0 Å². The Labute approximate surface area is 70.4 Å². The second-order valence-electron chi connectivity index (χ2n) is 4.13. The van der Waals surface area contributed by atoms with Gasteiger partial charge in [0.15, 0.2) is 0 Å². The molecule has 0 radical (unpaired) electrons. The zero-order valence-corrected chi connectivity index (χ0v) is 7.90. The lowest BCUT2D eigenvalue weighted by atomic mass is 9.72. The van der Waals surface area contributed by atoms with Gasteiger partial charge in [0, 0.05) is 5.54 Å². The van der Waals surface area contributed by atoms with Crippen LogP contribution in [-0.2, 0) is 0 Å². The zero-order valence-electron chi connectivity index (χ0n) is 7.90. The maximum Gasteiger partial charge on any atom is 0.0180 e. The number of hydrogen-bond donors (Lipinski definition) is 1. The Morgan fingerprint density at radius 2 is 2.18 bits per heavy atom. The summed E-state index contributed by atoms with van der Waals surface area (Å²) in [7, 11) is 0. The van der Waals surface area contributed by atoms with Crippen molar-refractivity contribution in [3.63, 3.8) is 0 Å². The van der Waals surface area contributed by atoms with Crippen molar-refractivity contribution in [3.05, 3.63) is 0 Å². The van der Waals surface area contributed by atoms with Crippen LogP contribution in [0.2, 0.25) is 0 Å². The highest BCUT2D eigenvalue weighted by atomic mass is 14.8. The fourth-order valence-corrected chi connectivity index (χ4v) is 2.28. The van der Waals surface area contributed by atoms with Crippen LogP contribution >= 0.6 is 0 Å². The Morgan fingerprint density at radius 3 is 2.73 bits per heavy atom. The molecule has 2 atom stereocenters. The summed E-state index contributed by atoms with van der Waals surface area (Å²) in [5, 5.41) is 0. The molecule has 1 saturated carbocycles. The lowest BCUT2D eigenvalue weighted by Crippen LogP contribution is -2.47. The van der Waals surface area contributed by atoms with Crippen LogP contribution < -0.4 is 5.73 Å². The Hall–Kier alpha value is -0.0400. The molecule has 1 rings (SSSR count).